The van der Waals surface area contributed by atoms with Gasteiger partial charge in [-0.1, -0.05) is 26.0 Å². The largest absolute Gasteiger partial charge is 0.354 e. The highest BCUT2D eigenvalue weighted by Crippen LogP contribution is 2.12. The second kappa shape index (κ2) is 7.97. The quantitative estimate of drug-likeness (QED) is 0.481. The Morgan fingerprint density at radius 3 is 2.21 bits per heavy atom. The van der Waals surface area contributed by atoms with Gasteiger partial charge in [-0.05, 0) is 19.4 Å². The molecule has 0 bridgehead atoms. The lowest BCUT2D eigenvalue weighted by Gasteiger charge is -2.25. The van der Waals surface area contributed by atoms with Crippen LogP contribution in [0.2, 0.25) is 0 Å². The second-order valence-corrected chi connectivity index (χ2v) is 3.31. The van der Waals surface area contributed by atoms with Crippen LogP contribution in [-0.2, 0) is 9.47 Å². The number of hydrogen-bond donors (Lipinski definition) is 1. The van der Waals surface area contributed by atoms with Gasteiger partial charge in [0.2, 0.25) is 0 Å². The van der Waals surface area contributed by atoms with Crippen LogP contribution in [0, 0.1) is 0 Å². The Balaban J connectivity index is 4.17. The number of nitrogens with one attached hydrogen (secondary N) is 1. The van der Waals surface area contributed by atoms with Crippen LogP contribution in [0.15, 0.2) is 12.2 Å². The maximum absolute atomic E-state index is 5.23. The van der Waals surface area contributed by atoms with Crippen molar-refractivity contribution in [1.82, 2.24) is 5.32 Å². The van der Waals surface area contributed by atoms with E-state index in [1.54, 1.807) is 14.2 Å². The van der Waals surface area contributed by atoms with Gasteiger partial charge in [0.15, 0.2) is 6.29 Å². The molecule has 0 heterocycles. The number of ether oxygens (including phenoxy) is 2. The van der Waals surface area contributed by atoms with E-state index in [1.165, 1.54) is 5.57 Å². The van der Waals surface area contributed by atoms with Crippen molar-refractivity contribution >= 4 is 0 Å². The van der Waals surface area contributed by atoms with Crippen molar-refractivity contribution < 1.29 is 9.47 Å². The van der Waals surface area contributed by atoms with Gasteiger partial charge in [-0.3, -0.25) is 0 Å². The van der Waals surface area contributed by atoms with Crippen LogP contribution >= 0.6 is 0 Å². The predicted molar refractivity (Wildman–Crippen MR) is 59.3 cm³/mol. The summed E-state index contributed by atoms with van der Waals surface area (Å²) in [6, 6.07) is 0.197. The van der Waals surface area contributed by atoms with Crippen LogP contribution in [0.3, 0.4) is 0 Å². The Bertz CT molecular complexity index is 155. The molecule has 1 atom stereocenters. The van der Waals surface area contributed by atoms with E-state index in [4.69, 9.17) is 9.47 Å². The van der Waals surface area contributed by atoms with Gasteiger partial charge in [0.25, 0.3) is 0 Å². The minimum atomic E-state index is -0.196. The molecule has 84 valence electrons. The summed E-state index contributed by atoms with van der Waals surface area (Å²) in [6.07, 6.45) is 1.71. The molecule has 0 aromatic rings. The third-order valence-electron chi connectivity index (χ3n) is 2.27. The van der Waals surface area contributed by atoms with Crippen LogP contribution in [-0.4, -0.2) is 33.1 Å². The molecule has 14 heavy (non-hydrogen) atoms. The van der Waals surface area contributed by atoms with Gasteiger partial charge < -0.3 is 14.8 Å². The lowest BCUT2D eigenvalue weighted by molar-refractivity contribution is -0.122. The molecule has 3 nitrogen and oxygen atoms in total. The molecule has 0 aliphatic rings. The fourth-order valence-electron chi connectivity index (χ4n) is 1.41. The molecule has 1 N–H and O–H groups in total. The molecule has 3 heteroatoms. The summed E-state index contributed by atoms with van der Waals surface area (Å²) in [5, 5.41) is 3.34. The van der Waals surface area contributed by atoms with Crippen LogP contribution in [0.5, 0.6) is 0 Å². The third kappa shape index (κ3) is 4.74. The van der Waals surface area contributed by atoms with E-state index in [0.29, 0.717) is 0 Å². The van der Waals surface area contributed by atoms with E-state index in [1.807, 2.05) is 0 Å². The first-order chi connectivity index (χ1) is 6.69. The first kappa shape index (κ1) is 13.6. The first-order valence-corrected chi connectivity index (χ1v) is 5.15. The van der Waals surface area contributed by atoms with Crippen LogP contribution in [0.1, 0.15) is 26.7 Å². The van der Waals surface area contributed by atoms with Crippen LogP contribution < -0.4 is 5.32 Å². The molecule has 0 aromatic carbocycles. The molecular weight excluding hydrogens is 178 g/mol. The average molecular weight is 201 g/mol. The summed E-state index contributed by atoms with van der Waals surface area (Å²) in [7, 11) is 3.32. The minimum absolute atomic E-state index is 0.196. The zero-order valence-electron chi connectivity index (χ0n) is 9.80. The van der Waals surface area contributed by atoms with Gasteiger partial charge >= 0.3 is 0 Å². The van der Waals surface area contributed by atoms with Crippen molar-refractivity contribution in [3.63, 3.8) is 0 Å². The van der Waals surface area contributed by atoms with E-state index >= 15 is 0 Å². The van der Waals surface area contributed by atoms with Crippen molar-refractivity contribution in [1.29, 1.82) is 0 Å². The summed E-state index contributed by atoms with van der Waals surface area (Å²) < 4.78 is 10.5. The molecular formula is C11H23NO2. The van der Waals surface area contributed by atoms with Crippen molar-refractivity contribution in [3.05, 3.63) is 12.2 Å². The molecule has 1 unspecified atom stereocenters. The molecule has 0 aliphatic carbocycles. The smallest absolute Gasteiger partial charge is 0.172 e. The predicted octanol–water partition coefficient (Wildman–Crippen LogP) is 1.94. The molecule has 0 aromatic heterocycles. The highest BCUT2D eigenvalue weighted by atomic mass is 16.7. The van der Waals surface area contributed by atoms with Crippen molar-refractivity contribution in [2.75, 3.05) is 20.8 Å². The van der Waals surface area contributed by atoms with E-state index in [2.05, 4.69) is 25.7 Å². The monoisotopic (exact) mass is 201 g/mol. The van der Waals surface area contributed by atoms with Crippen LogP contribution in [0.4, 0.5) is 0 Å². The zero-order valence-corrected chi connectivity index (χ0v) is 9.80. The molecule has 0 amide bonds. The molecule has 0 saturated heterocycles. The normalized spacial score (nSPS) is 13.2. The van der Waals surface area contributed by atoms with Crippen LogP contribution in [0.25, 0.3) is 0 Å². The van der Waals surface area contributed by atoms with Gasteiger partial charge in [-0.2, -0.15) is 0 Å². The summed E-state index contributed by atoms with van der Waals surface area (Å²) >= 11 is 0. The van der Waals surface area contributed by atoms with E-state index in [9.17, 15) is 0 Å². The Labute approximate surface area is 87.5 Å². The fourth-order valence-corrected chi connectivity index (χ4v) is 1.41. The molecule has 0 saturated carbocycles. The number of rotatable bonds is 8. The van der Waals surface area contributed by atoms with Gasteiger partial charge in [-0.15, -0.1) is 0 Å². The van der Waals surface area contributed by atoms with E-state index < -0.39 is 0 Å². The fraction of sp³-hybridized carbons (Fsp3) is 0.818. The lowest BCUT2D eigenvalue weighted by atomic mass is 10.1. The average Bonchev–Trinajstić information content (AvgIpc) is 2.19. The highest BCUT2D eigenvalue weighted by Gasteiger charge is 2.19. The van der Waals surface area contributed by atoms with Gasteiger partial charge in [0.05, 0.1) is 6.04 Å². The summed E-state index contributed by atoms with van der Waals surface area (Å²) in [5.74, 6) is 0. The third-order valence-corrected chi connectivity index (χ3v) is 2.27. The summed E-state index contributed by atoms with van der Waals surface area (Å²) in [5.41, 5.74) is 1.22. The Kier molecular flexibility index (Phi) is 7.76. The van der Waals surface area contributed by atoms with Gasteiger partial charge in [0.1, 0.15) is 0 Å². The second-order valence-electron chi connectivity index (χ2n) is 3.31. The number of hydrogen-bond acceptors (Lipinski definition) is 3. The molecule has 0 radical (unpaired) electrons. The van der Waals surface area contributed by atoms with Gasteiger partial charge in [-0.25, -0.2) is 0 Å². The Morgan fingerprint density at radius 2 is 1.86 bits per heavy atom. The molecule has 0 fully saturated rings. The maximum Gasteiger partial charge on any atom is 0.172 e. The van der Waals surface area contributed by atoms with Crippen molar-refractivity contribution in [2.24, 2.45) is 0 Å². The Morgan fingerprint density at radius 1 is 1.29 bits per heavy atom. The minimum Gasteiger partial charge on any atom is -0.354 e. The molecule has 0 aliphatic heterocycles. The number of methoxy groups -OCH3 is 2. The summed E-state index contributed by atoms with van der Waals surface area (Å²) in [6.45, 7) is 9.09. The number of likely N-dealkylation sites (N-methyl/N-ethyl adjacent to an activating group) is 1. The lowest BCUT2D eigenvalue weighted by Crippen LogP contribution is -2.42. The molecule has 0 rings (SSSR count). The standard InChI is InChI=1S/C11H23NO2/c1-6-9(3)8-10(12-7-2)11(13-4)14-5/h10-12H,3,6-8H2,1-2,4-5H3. The van der Waals surface area contributed by atoms with Crippen molar-refractivity contribution in [3.8, 4) is 0 Å². The maximum atomic E-state index is 5.23. The van der Waals surface area contributed by atoms with E-state index in [0.717, 1.165) is 19.4 Å². The Hall–Kier alpha value is -0.380. The van der Waals surface area contributed by atoms with E-state index in [-0.39, 0.29) is 12.3 Å². The first-order valence-electron chi connectivity index (χ1n) is 5.15. The summed E-state index contributed by atoms with van der Waals surface area (Å²) in [4.78, 5) is 0. The van der Waals surface area contributed by atoms with Gasteiger partial charge in [0, 0.05) is 14.2 Å². The zero-order chi connectivity index (χ0) is 11.0. The topological polar surface area (TPSA) is 30.5 Å². The SMILES string of the molecule is C=C(CC)CC(NCC)C(OC)OC. The molecule has 0 spiro atoms. The van der Waals surface area contributed by atoms with Crippen molar-refractivity contribution in [2.45, 2.75) is 39.0 Å². The highest BCUT2D eigenvalue weighted by molar-refractivity contribution is 4.97.